The molecule has 1 fully saturated rings. The highest BCUT2D eigenvalue weighted by molar-refractivity contribution is 7.14. The number of hydrogen-bond acceptors (Lipinski definition) is 9. The number of nitrogens with two attached hydrogens (primary N) is 1. The molecule has 1 atom stereocenters. The van der Waals surface area contributed by atoms with Crippen molar-refractivity contribution in [2.24, 2.45) is 5.73 Å². The molecule has 13 heteroatoms. The first kappa shape index (κ1) is 26.8. The molecule has 4 rings (SSSR count). The van der Waals surface area contributed by atoms with Gasteiger partial charge in [0.1, 0.15) is 17.6 Å². The van der Waals surface area contributed by atoms with Gasteiger partial charge in [-0.05, 0) is 31.1 Å². The first-order chi connectivity index (χ1) is 17.9. The number of carbonyl (C=O) groups excluding carboxylic acids is 2. The number of pyridine rings is 1. The molecule has 0 aliphatic carbocycles. The fraction of sp³-hybridized carbons (Fsp3) is 0.360. The fourth-order valence-electron chi connectivity index (χ4n) is 4.06. The second kappa shape index (κ2) is 10.6. The van der Waals surface area contributed by atoms with Gasteiger partial charge >= 0.3 is 12.1 Å². The van der Waals surface area contributed by atoms with Crippen LogP contribution in [0.2, 0.25) is 0 Å². The molecule has 1 unspecified atom stereocenters. The predicted octanol–water partition coefficient (Wildman–Crippen LogP) is 2.86. The summed E-state index contributed by atoms with van der Waals surface area (Å²) in [6.45, 7) is 6.81. The number of anilines is 2. The van der Waals surface area contributed by atoms with Crippen molar-refractivity contribution >= 4 is 52.0 Å². The first-order valence-corrected chi connectivity index (χ1v) is 12.8. The normalized spacial score (nSPS) is 16.1. The van der Waals surface area contributed by atoms with E-state index in [-0.39, 0.29) is 34.6 Å². The van der Waals surface area contributed by atoms with Crippen LogP contribution in [-0.2, 0) is 14.9 Å². The average Bonchev–Trinajstić information content (AvgIpc) is 3.32. The summed E-state index contributed by atoms with van der Waals surface area (Å²) in [6.07, 6.45) is 3.27. The minimum absolute atomic E-state index is 0.0549. The number of amides is 2. The molecular weight excluding hydrogens is 512 g/mol. The summed E-state index contributed by atoms with van der Waals surface area (Å²) in [7, 11) is 0. The summed E-state index contributed by atoms with van der Waals surface area (Å²) >= 11 is 1.32. The molecule has 1 aliphatic rings. The largest absolute Gasteiger partial charge is 0.478 e. The summed E-state index contributed by atoms with van der Waals surface area (Å²) in [5.74, 6) is -1.42. The third-order valence-electron chi connectivity index (χ3n) is 5.95. The number of nitrogens with one attached hydrogen (secondary N) is 1. The van der Waals surface area contributed by atoms with Gasteiger partial charge in [0.15, 0.2) is 5.13 Å². The molecule has 0 radical (unpaired) electrons. The molecule has 38 heavy (non-hydrogen) atoms. The van der Waals surface area contributed by atoms with Crippen LogP contribution in [0.5, 0.6) is 0 Å². The Balaban J connectivity index is 1.72. The van der Waals surface area contributed by atoms with Gasteiger partial charge in [-0.1, -0.05) is 20.8 Å². The van der Waals surface area contributed by atoms with Crippen LogP contribution in [0.1, 0.15) is 55.2 Å². The van der Waals surface area contributed by atoms with E-state index in [1.807, 2.05) is 26.2 Å². The maximum atomic E-state index is 13.4. The van der Waals surface area contributed by atoms with Crippen molar-refractivity contribution in [1.29, 1.82) is 0 Å². The molecule has 0 spiro atoms. The van der Waals surface area contributed by atoms with E-state index < -0.39 is 29.6 Å². The van der Waals surface area contributed by atoms with Gasteiger partial charge in [-0.25, -0.2) is 19.6 Å². The molecule has 12 nitrogen and oxygen atoms in total. The topological polar surface area (TPSA) is 169 Å². The van der Waals surface area contributed by atoms with Gasteiger partial charge in [0.05, 0.1) is 17.8 Å². The summed E-state index contributed by atoms with van der Waals surface area (Å²) in [6, 6.07) is 2.95. The molecule has 1 saturated heterocycles. The number of rotatable bonds is 6. The summed E-state index contributed by atoms with van der Waals surface area (Å²) in [5.41, 5.74) is 5.87. The number of carboxylic acids is 1. The van der Waals surface area contributed by atoms with Crippen LogP contribution < -0.4 is 21.5 Å². The number of thiazole rings is 1. The van der Waals surface area contributed by atoms with Crippen LogP contribution in [-0.4, -0.2) is 56.6 Å². The molecular formula is C25H28N6O6S. The lowest BCUT2D eigenvalue weighted by molar-refractivity contribution is -0.131. The molecule has 0 aromatic carbocycles. The Morgan fingerprint density at radius 1 is 1.29 bits per heavy atom. The number of aromatic nitrogens is 3. The van der Waals surface area contributed by atoms with Gasteiger partial charge in [0.25, 0.3) is 11.5 Å². The van der Waals surface area contributed by atoms with Gasteiger partial charge < -0.3 is 20.5 Å². The quantitative estimate of drug-likeness (QED) is 0.398. The number of carbonyl (C=O) groups is 3. The van der Waals surface area contributed by atoms with Gasteiger partial charge in [-0.15, -0.1) is 11.3 Å². The SMILES string of the molecule is CC(C)(C)c1csc(NC(=O)c2ccn3c(=O)c(/C=C/C(=O)O)c(N4CCCC(OC(N)=O)C4)nc3c2)n1. The lowest BCUT2D eigenvalue weighted by atomic mass is 9.93. The summed E-state index contributed by atoms with van der Waals surface area (Å²) in [5, 5.41) is 14.3. The molecule has 4 heterocycles. The van der Waals surface area contributed by atoms with Crippen LogP contribution in [0, 0.1) is 0 Å². The van der Waals surface area contributed by atoms with Gasteiger partial charge in [0, 0.05) is 35.2 Å². The van der Waals surface area contributed by atoms with Crippen LogP contribution in [0.4, 0.5) is 15.7 Å². The zero-order valence-electron chi connectivity index (χ0n) is 21.1. The summed E-state index contributed by atoms with van der Waals surface area (Å²) in [4.78, 5) is 59.6. The minimum Gasteiger partial charge on any atom is -0.478 e. The lowest BCUT2D eigenvalue weighted by Gasteiger charge is -2.33. The van der Waals surface area contributed by atoms with Crippen molar-refractivity contribution in [2.45, 2.75) is 45.1 Å². The number of nitrogens with zero attached hydrogens (tertiary/aromatic N) is 4. The standard InChI is InChI=1S/C25H28N6O6S/c1-25(2,3)17-13-38-24(27-17)29-21(34)14-8-10-31-18(11-14)28-20(16(22(31)35)6-7-19(32)33)30-9-4-5-15(12-30)37-23(26)36/h6-8,10-11,13,15H,4-5,9,12H2,1-3H3,(H2,26,36)(H,32,33)(H,27,29,34)/b7-6+. The van der Waals surface area contributed by atoms with E-state index in [1.54, 1.807) is 4.90 Å². The van der Waals surface area contributed by atoms with Crippen LogP contribution in [0.3, 0.4) is 0 Å². The highest BCUT2D eigenvalue weighted by atomic mass is 32.1. The minimum atomic E-state index is -1.22. The van der Waals surface area contributed by atoms with Crippen LogP contribution >= 0.6 is 11.3 Å². The van der Waals surface area contributed by atoms with Gasteiger partial charge in [-0.2, -0.15) is 0 Å². The van der Waals surface area contributed by atoms with Gasteiger partial charge in [-0.3, -0.25) is 19.3 Å². The molecule has 1 aliphatic heterocycles. The number of carboxylic acid groups (broad SMARTS) is 1. The van der Waals surface area contributed by atoms with E-state index >= 15 is 0 Å². The van der Waals surface area contributed by atoms with Crippen molar-refractivity contribution in [3.05, 3.63) is 57.0 Å². The van der Waals surface area contributed by atoms with E-state index in [2.05, 4.69) is 15.3 Å². The Bertz CT molecular complexity index is 1490. The molecule has 3 aromatic rings. The fourth-order valence-corrected chi connectivity index (χ4v) is 4.99. The number of primary amides is 1. The van der Waals surface area contributed by atoms with Crippen LogP contribution in [0.15, 0.2) is 34.6 Å². The Hall–Kier alpha value is -4.26. The average molecular weight is 541 g/mol. The Kier molecular flexibility index (Phi) is 7.49. The second-order valence-corrected chi connectivity index (χ2v) is 10.7. The lowest BCUT2D eigenvalue weighted by Crippen LogP contribution is -2.43. The Morgan fingerprint density at radius 3 is 2.71 bits per heavy atom. The highest BCUT2D eigenvalue weighted by Crippen LogP contribution is 2.27. The zero-order chi connectivity index (χ0) is 27.6. The zero-order valence-corrected chi connectivity index (χ0v) is 21.9. The second-order valence-electron chi connectivity index (χ2n) is 9.86. The van der Waals surface area contributed by atoms with Crippen molar-refractivity contribution in [1.82, 2.24) is 14.4 Å². The third kappa shape index (κ3) is 5.99. The molecule has 4 N–H and O–H groups in total. The maximum absolute atomic E-state index is 13.4. The monoisotopic (exact) mass is 540 g/mol. The van der Waals surface area contributed by atoms with E-state index in [4.69, 9.17) is 15.6 Å². The number of fused-ring (bicyclic) bond motifs is 1. The Morgan fingerprint density at radius 2 is 2.05 bits per heavy atom. The maximum Gasteiger partial charge on any atom is 0.404 e. The smallest absolute Gasteiger partial charge is 0.404 e. The van der Waals surface area contributed by atoms with E-state index in [0.717, 1.165) is 11.8 Å². The summed E-state index contributed by atoms with van der Waals surface area (Å²) < 4.78 is 6.38. The van der Waals surface area contributed by atoms with E-state index in [0.29, 0.717) is 24.5 Å². The van der Waals surface area contributed by atoms with Gasteiger partial charge in [0.2, 0.25) is 0 Å². The predicted molar refractivity (Wildman–Crippen MR) is 143 cm³/mol. The van der Waals surface area contributed by atoms with Crippen LogP contribution in [0.25, 0.3) is 11.7 Å². The number of hydrogen-bond donors (Lipinski definition) is 3. The molecule has 0 saturated carbocycles. The molecule has 200 valence electrons. The molecule has 0 bridgehead atoms. The number of ether oxygens (including phenoxy) is 1. The van der Waals surface area contributed by atoms with Crippen molar-refractivity contribution in [3.63, 3.8) is 0 Å². The first-order valence-electron chi connectivity index (χ1n) is 11.9. The molecule has 2 amide bonds. The Labute approximate surface area is 221 Å². The van der Waals surface area contributed by atoms with E-state index in [1.165, 1.54) is 40.1 Å². The number of piperidine rings is 1. The van der Waals surface area contributed by atoms with Crippen molar-refractivity contribution < 1.29 is 24.2 Å². The van der Waals surface area contributed by atoms with Crippen molar-refractivity contribution in [3.8, 4) is 0 Å². The molecule has 3 aromatic heterocycles. The van der Waals surface area contributed by atoms with Crippen molar-refractivity contribution in [2.75, 3.05) is 23.3 Å². The number of aliphatic carboxylic acids is 1. The third-order valence-corrected chi connectivity index (χ3v) is 6.71. The van der Waals surface area contributed by atoms with E-state index in [9.17, 15) is 19.2 Å². The highest BCUT2D eigenvalue weighted by Gasteiger charge is 2.26.